The van der Waals surface area contributed by atoms with Crippen molar-refractivity contribution in [2.75, 3.05) is 30.3 Å². The topological polar surface area (TPSA) is 89.9 Å². The number of benzene rings is 3. The van der Waals surface area contributed by atoms with Crippen LogP contribution in [0, 0.1) is 5.92 Å². The molecule has 4 rings (SSSR count). The van der Waals surface area contributed by atoms with Crippen molar-refractivity contribution in [1.82, 2.24) is 10.2 Å². The summed E-state index contributed by atoms with van der Waals surface area (Å²) in [6.45, 7) is 4.61. The maximum atomic E-state index is 13.0. The van der Waals surface area contributed by atoms with Crippen LogP contribution in [-0.4, -0.2) is 62.4 Å². The number of rotatable bonds is 10. The van der Waals surface area contributed by atoms with E-state index in [0.29, 0.717) is 34.4 Å². The van der Waals surface area contributed by atoms with Gasteiger partial charge in [0.15, 0.2) is 0 Å². The standard InChI is InChI=1S/C29H33Cl2N3O4S/c1-19(2)27(18-35)32-29(36)22-5-4-6-25(15-22)34(39(3,37)38)26-16-33(17-26)28(20-7-11-23(30)12-8-20)21-9-13-24(31)14-10-21/h4-15,19,26-28,35H,16-18H2,1-3H3,(H,32,36). The summed E-state index contributed by atoms with van der Waals surface area (Å²) < 4.78 is 27.4. The summed E-state index contributed by atoms with van der Waals surface area (Å²) in [5.41, 5.74) is 2.83. The first-order valence-corrected chi connectivity index (χ1v) is 15.3. The number of carbonyl (C=O) groups is 1. The monoisotopic (exact) mass is 589 g/mol. The number of halogens is 2. The van der Waals surface area contributed by atoms with E-state index in [1.54, 1.807) is 24.3 Å². The number of nitrogens with one attached hydrogen (secondary N) is 1. The minimum absolute atomic E-state index is 0.0461. The third-order valence-electron chi connectivity index (χ3n) is 7.00. The van der Waals surface area contributed by atoms with Crippen molar-refractivity contribution in [3.8, 4) is 0 Å². The molecule has 1 aliphatic rings. The van der Waals surface area contributed by atoms with Crippen molar-refractivity contribution < 1.29 is 18.3 Å². The molecule has 3 aromatic carbocycles. The molecule has 2 N–H and O–H groups in total. The molecule has 0 aliphatic carbocycles. The summed E-state index contributed by atoms with van der Waals surface area (Å²) in [5.74, 6) is -0.316. The molecule has 1 unspecified atom stereocenters. The average molecular weight is 591 g/mol. The van der Waals surface area contributed by atoms with Crippen LogP contribution in [0.2, 0.25) is 10.0 Å². The summed E-state index contributed by atoms with van der Waals surface area (Å²) in [6.07, 6.45) is 1.18. The van der Waals surface area contributed by atoms with Gasteiger partial charge in [0, 0.05) is 28.7 Å². The largest absolute Gasteiger partial charge is 0.394 e. The predicted octanol–water partition coefficient (Wildman–Crippen LogP) is 4.98. The zero-order valence-corrected chi connectivity index (χ0v) is 24.4. The lowest BCUT2D eigenvalue weighted by molar-refractivity contribution is 0.0896. The van der Waals surface area contributed by atoms with Gasteiger partial charge in [0.05, 0.1) is 36.7 Å². The second-order valence-corrected chi connectivity index (χ2v) is 13.0. The van der Waals surface area contributed by atoms with Gasteiger partial charge >= 0.3 is 0 Å². The third kappa shape index (κ3) is 6.94. The molecule has 7 nitrogen and oxygen atoms in total. The fourth-order valence-corrected chi connectivity index (χ4v) is 6.31. The molecule has 3 aromatic rings. The quantitative estimate of drug-likeness (QED) is 0.348. The van der Waals surface area contributed by atoms with E-state index < -0.39 is 16.1 Å². The first kappa shape index (κ1) is 29.4. The average Bonchev–Trinajstić information content (AvgIpc) is 2.86. The summed E-state index contributed by atoms with van der Waals surface area (Å²) >= 11 is 12.3. The summed E-state index contributed by atoms with van der Waals surface area (Å²) in [4.78, 5) is 15.1. The van der Waals surface area contributed by atoms with E-state index in [1.165, 1.54) is 10.6 Å². The van der Waals surface area contributed by atoms with Crippen molar-refractivity contribution >= 4 is 44.8 Å². The van der Waals surface area contributed by atoms with Crippen LogP contribution in [0.4, 0.5) is 5.69 Å². The van der Waals surface area contributed by atoms with Gasteiger partial charge in [-0.25, -0.2) is 8.42 Å². The Morgan fingerprint density at radius 1 is 1.00 bits per heavy atom. The maximum Gasteiger partial charge on any atom is 0.251 e. The van der Waals surface area contributed by atoms with Crippen molar-refractivity contribution in [2.24, 2.45) is 5.92 Å². The van der Waals surface area contributed by atoms with Gasteiger partial charge in [-0.05, 0) is 59.5 Å². The third-order valence-corrected chi connectivity index (χ3v) is 8.72. The lowest BCUT2D eigenvalue weighted by atomic mass is 9.93. The van der Waals surface area contributed by atoms with Gasteiger partial charge in [-0.15, -0.1) is 0 Å². The highest BCUT2D eigenvalue weighted by atomic mass is 35.5. The fourth-order valence-electron chi connectivity index (χ4n) is 4.88. The van der Waals surface area contributed by atoms with E-state index in [0.717, 1.165) is 11.1 Å². The van der Waals surface area contributed by atoms with Gasteiger partial charge in [0.1, 0.15) is 0 Å². The van der Waals surface area contributed by atoms with Crippen LogP contribution in [-0.2, 0) is 10.0 Å². The summed E-state index contributed by atoms with van der Waals surface area (Å²) in [7, 11) is -3.65. The molecule has 10 heteroatoms. The first-order valence-electron chi connectivity index (χ1n) is 12.7. The van der Waals surface area contributed by atoms with Gasteiger partial charge in [-0.3, -0.25) is 14.0 Å². The number of likely N-dealkylation sites (tertiary alicyclic amines) is 1. The first-order chi connectivity index (χ1) is 18.5. The van der Waals surface area contributed by atoms with Crippen LogP contribution in [0.5, 0.6) is 0 Å². The zero-order valence-electron chi connectivity index (χ0n) is 22.1. The molecular formula is C29H33Cl2N3O4S. The Hall–Kier alpha value is -2.62. The lowest BCUT2D eigenvalue weighted by Crippen LogP contribution is -2.61. The van der Waals surface area contributed by atoms with Crippen LogP contribution in [0.3, 0.4) is 0 Å². The number of sulfonamides is 1. The highest BCUT2D eigenvalue weighted by Gasteiger charge is 2.40. The highest BCUT2D eigenvalue weighted by molar-refractivity contribution is 7.92. The van der Waals surface area contributed by atoms with Crippen LogP contribution in [0.25, 0.3) is 0 Å². The highest BCUT2D eigenvalue weighted by Crippen LogP contribution is 2.36. The molecule has 0 saturated carbocycles. The number of carbonyl (C=O) groups excluding carboxylic acids is 1. The Balaban J connectivity index is 1.59. The lowest BCUT2D eigenvalue weighted by Gasteiger charge is -2.48. The minimum Gasteiger partial charge on any atom is -0.394 e. The van der Waals surface area contributed by atoms with Gasteiger partial charge in [-0.1, -0.05) is 67.4 Å². The molecule has 39 heavy (non-hydrogen) atoms. The zero-order chi connectivity index (χ0) is 28.3. The second-order valence-electron chi connectivity index (χ2n) is 10.2. The van der Waals surface area contributed by atoms with Gasteiger partial charge < -0.3 is 10.4 Å². The second kappa shape index (κ2) is 12.3. The summed E-state index contributed by atoms with van der Waals surface area (Å²) in [5, 5.41) is 13.7. The van der Waals surface area contributed by atoms with Crippen molar-refractivity contribution in [3.63, 3.8) is 0 Å². The minimum atomic E-state index is -3.65. The fraction of sp³-hybridized carbons (Fsp3) is 0.345. The number of nitrogens with zero attached hydrogens (tertiary/aromatic N) is 2. The van der Waals surface area contributed by atoms with Crippen LogP contribution < -0.4 is 9.62 Å². The SMILES string of the molecule is CC(C)C(CO)NC(=O)c1cccc(N(C2CN(C(c3ccc(Cl)cc3)c3ccc(Cl)cc3)C2)S(C)(=O)=O)c1. The molecule has 1 fully saturated rings. The molecule has 1 heterocycles. The van der Waals surface area contributed by atoms with Gasteiger partial charge in [0.25, 0.3) is 5.91 Å². The molecule has 1 aliphatic heterocycles. The van der Waals surface area contributed by atoms with E-state index in [9.17, 15) is 18.3 Å². The Kier molecular flexibility index (Phi) is 9.24. The number of amides is 1. The Bertz CT molecular complexity index is 1350. The number of hydrogen-bond acceptors (Lipinski definition) is 5. The number of aliphatic hydroxyl groups excluding tert-OH is 1. The molecule has 0 aromatic heterocycles. The van der Waals surface area contributed by atoms with Crippen LogP contribution in [0.15, 0.2) is 72.8 Å². The smallest absolute Gasteiger partial charge is 0.251 e. The normalized spacial score (nSPS) is 15.3. The molecule has 0 radical (unpaired) electrons. The van der Waals surface area contributed by atoms with E-state index in [1.807, 2.05) is 62.4 Å². The molecule has 0 bridgehead atoms. The molecule has 0 spiro atoms. The van der Waals surface area contributed by atoms with E-state index >= 15 is 0 Å². The van der Waals surface area contributed by atoms with Crippen molar-refractivity contribution in [2.45, 2.75) is 32.0 Å². The molecule has 1 amide bonds. The van der Waals surface area contributed by atoms with Gasteiger partial charge in [0.2, 0.25) is 10.0 Å². The number of aliphatic hydroxyl groups is 1. The Morgan fingerprint density at radius 2 is 1.54 bits per heavy atom. The van der Waals surface area contributed by atoms with Crippen molar-refractivity contribution in [3.05, 3.63) is 99.5 Å². The summed E-state index contributed by atoms with van der Waals surface area (Å²) in [6, 6.07) is 21.0. The molecule has 208 valence electrons. The number of hydrogen-bond donors (Lipinski definition) is 2. The van der Waals surface area contributed by atoms with E-state index in [-0.39, 0.29) is 30.5 Å². The Labute approximate surface area is 240 Å². The van der Waals surface area contributed by atoms with Crippen LogP contribution >= 0.6 is 23.2 Å². The van der Waals surface area contributed by atoms with Crippen molar-refractivity contribution in [1.29, 1.82) is 0 Å². The Morgan fingerprint density at radius 3 is 2.00 bits per heavy atom. The van der Waals surface area contributed by atoms with E-state index in [4.69, 9.17) is 23.2 Å². The van der Waals surface area contributed by atoms with E-state index in [2.05, 4.69) is 10.2 Å². The predicted molar refractivity (Wildman–Crippen MR) is 157 cm³/mol. The molecular weight excluding hydrogens is 557 g/mol. The number of anilines is 1. The molecule has 1 atom stereocenters. The van der Waals surface area contributed by atoms with Gasteiger partial charge in [-0.2, -0.15) is 0 Å². The maximum absolute atomic E-state index is 13.0. The van der Waals surface area contributed by atoms with Crippen LogP contribution in [0.1, 0.15) is 41.4 Å². The molecule has 1 saturated heterocycles.